The topological polar surface area (TPSA) is 111 Å². The number of ketones is 1. The lowest BCUT2D eigenvalue weighted by Gasteiger charge is -2.46. The summed E-state index contributed by atoms with van der Waals surface area (Å²) in [5.41, 5.74) is 4.19. The van der Waals surface area contributed by atoms with Gasteiger partial charge in [0.05, 0.1) is 39.6 Å². The summed E-state index contributed by atoms with van der Waals surface area (Å²) in [6.07, 6.45) is 15.9. The van der Waals surface area contributed by atoms with Crippen LogP contribution in [0.15, 0.2) is 71.5 Å². The number of carbonyl (C=O) groups is 2. The van der Waals surface area contributed by atoms with Crippen LogP contribution < -0.4 is 9.64 Å². The van der Waals surface area contributed by atoms with Gasteiger partial charge in [0.1, 0.15) is 11.5 Å². The van der Waals surface area contributed by atoms with Gasteiger partial charge < -0.3 is 14.4 Å². The first kappa shape index (κ1) is 34.8. The Hall–Kier alpha value is -3.60. The highest BCUT2D eigenvalue weighted by atomic mass is 35.5. The molecule has 11 heteroatoms. The maximum Gasteiger partial charge on any atom is 0.285 e. The quantitative estimate of drug-likeness (QED) is 0.256. The summed E-state index contributed by atoms with van der Waals surface area (Å²) < 4.78 is 31.3. The fourth-order valence-electron chi connectivity index (χ4n) is 8.24. The molecule has 0 radical (unpaired) electrons. The molecule has 7 rings (SSSR count). The van der Waals surface area contributed by atoms with Crippen molar-refractivity contribution in [2.45, 2.75) is 69.3 Å². The van der Waals surface area contributed by atoms with Gasteiger partial charge >= 0.3 is 0 Å². The Morgan fingerprint density at radius 2 is 2.06 bits per heavy atom. The van der Waals surface area contributed by atoms with Gasteiger partial charge in [-0.3, -0.25) is 19.6 Å². The maximum absolute atomic E-state index is 14.3. The van der Waals surface area contributed by atoms with E-state index in [-0.39, 0.29) is 35.2 Å². The van der Waals surface area contributed by atoms with E-state index >= 15 is 0 Å². The van der Waals surface area contributed by atoms with Crippen molar-refractivity contribution in [1.82, 2.24) is 9.97 Å². The highest BCUT2D eigenvalue weighted by Gasteiger charge is 2.44. The zero-order valence-electron chi connectivity index (χ0n) is 28.6. The number of methoxy groups -OCH3 is 1. The minimum atomic E-state index is -3.18. The number of halogens is 1. The molecule has 3 aromatic rings. The molecule has 2 bridgehead atoms. The number of Topliss-reactive ketones (excluding diaryl/α,β-unsaturated/α-hetero) is 1. The molecule has 1 aromatic heterocycles. The van der Waals surface area contributed by atoms with Gasteiger partial charge in [0, 0.05) is 67.0 Å². The number of hydrogen-bond donors (Lipinski definition) is 0. The summed E-state index contributed by atoms with van der Waals surface area (Å²) in [5, 5.41) is 0.746. The van der Waals surface area contributed by atoms with Crippen molar-refractivity contribution in [1.29, 1.82) is 0 Å². The zero-order chi connectivity index (χ0) is 34.7. The van der Waals surface area contributed by atoms with Crippen molar-refractivity contribution in [3.8, 4) is 5.75 Å². The summed E-state index contributed by atoms with van der Waals surface area (Å²) in [7, 11) is -1.41. The van der Waals surface area contributed by atoms with Crippen LogP contribution in [0, 0.1) is 11.8 Å². The van der Waals surface area contributed by atoms with E-state index in [9.17, 15) is 13.8 Å². The Labute approximate surface area is 300 Å². The summed E-state index contributed by atoms with van der Waals surface area (Å²) in [5.74, 6) is 0.582. The molecule has 1 saturated carbocycles. The number of fused-ring (bicyclic) bond motifs is 4. The van der Waals surface area contributed by atoms with Gasteiger partial charge in [-0.05, 0) is 105 Å². The van der Waals surface area contributed by atoms with E-state index in [4.69, 9.17) is 21.1 Å². The van der Waals surface area contributed by atoms with Gasteiger partial charge in [-0.1, -0.05) is 29.8 Å². The minimum Gasteiger partial charge on any atom is -0.490 e. The summed E-state index contributed by atoms with van der Waals surface area (Å²) in [6.45, 7) is 2.05. The number of anilines is 1. The van der Waals surface area contributed by atoms with Gasteiger partial charge in [-0.15, -0.1) is 0 Å². The molecular formula is C39H45ClN4O5S. The monoisotopic (exact) mass is 716 g/mol. The molecular weight excluding hydrogens is 672 g/mol. The lowest BCUT2D eigenvalue weighted by atomic mass is 9.68. The summed E-state index contributed by atoms with van der Waals surface area (Å²) in [6, 6.07) is 11.7. The maximum atomic E-state index is 14.3. The molecule has 0 N–H and O–H groups in total. The lowest BCUT2D eigenvalue weighted by Crippen LogP contribution is -2.49. The molecule has 0 unspecified atom stereocenters. The van der Waals surface area contributed by atoms with Crippen molar-refractivity contribution >= 4 is 38.7 Å². The van der Waals surface area contributed by atoms with Crippen LogP contribution in [0.3, 0.4) is 0 Å². The number of amides is 1. The largest absolute Gasteiger partial charge is 0.490 e. The number of allylic oxidation sites excluding steroid dienone is 1. The van der Waals surface area contributed by atoms with Gasteiger partial charge in [0.15, 0.2) is 0 Å². The minimum absolute atomic E-state index is 0.0273. The van der Waals surface area contributed by atoms with Crippen LogP contribution in [-0.4, -0.2) is 70.3 Å². The molecule has 50 heavy (non-hydrogen) atoms. The molecule has 2 aromatic carbocycles. The predicted octanol–water partition coefficient (Wildman–Crippen LogP) is 6.80. The van der Waals surface area contributed by atoms with Crippen LogP contribution >= 0.6 is 11.6 Å². The lowest BCUT2D eigenvalue weighted by molar-refractivity contribution is -0.116. The molecule has 5 atom stereocenters. The fourth-order valence-corrected chi connectivity index (χ4v) is 10.4. The van der Waals surface area contributed by atoms with Crippen molar-refractivity contribution in [2.24, 2.45) is 16.2 Å². The number of aromatic nitrogens is 2. The molecule has 264 valence electrons. The first-order valence-electron chi connectivity index (χ1n) is 17.8. The summed E-state index contributed by atoms with van der Waals surface area (Å²) in [4.78, 5) is 37.8. The van der Waals surface area contributed by atoms with Crippen molar-refractivity contribution in [3.63, 3.8) is 0 Å². The second-order valence-corrected chi connectivity index (χ2v) is 17.2. The SMILES string of the molecule is CO[C@H]1/C=C/CCC[S@@](=O)(CC(=O)CCc2cnccn2)=NC(=O)c2ccc3c(c2)N(C[C@@H]2CC[C@H]21)C[C@@]1(CCCc2cc(Cl)ccc21)CO3. The number of ether oxygens (including phenoxy) is 2. The highest BCUT2D eigenvalue weighted by molar-refractivity contribution is 7.94. The molecule has 4 aliphatic rings. The Morgan fingerprint density at radius 1 is 1.16 bits per heavy atom. The van der Waals surface area contributed by atoms with E-state index in [0.29, 0.717) is 49.0 Å². The van der Waals surface area contributed by atoms with Gasteiger partial charge in [-0.25, -0.2) is 4.21 Å². The molecule has 3 heterocycles. The van der Waals surface area contributed by atoms with Crippen LogP contribution in [-0.2, 0) is 37.5 Å². The first-order chi connectivity index (χ1) is 24.2. The Morgan fingerprint density at radius 3 is 2.86 bits per heavy atom. The molecule has 9 nitrogen and oxygen atoms in total. The van der Waals surface area contributed by atoms with Crippen LogP contribution in [0.25, 0.3) is 0 Å². The third kappa shape index (κ3) is 7.53. The predicted molar refractivity (Wildman–Crippen MR) is 196 cm³/mol. The van der Waals surface area contributed by atoms with Crippen molar-refractivity contribution in [3.05, 3.63) is 94.5 Å². The Kier molecular flexibility index (Phi) is 10.4. The van der Waals surface area contributed by atoms with Crippen molar-refractivity contribution < 1.29 is 23.3 Å². The van der Waals surface area contributed by atoms with Crippen molar-refractivity contribution in [2.75, 3.05) is 43.2 Å². The standard InChI is InChI=1S/C39H45ClN4O5S/c1-48-36-7-3-2-4-19-50(47,24-32(45)12-11-31-22-41-17-18-42-31)43-38(46)28-9-15-37-35(21-28)44(23-29-8-13-33(29)36)25-39(26-49-37)16-5-6-27-20-30(40)10-14-34(27)39/h3,7,9-10,14-15,17-18,20-22,29,33,36H,2,4-6,8,11-13,16,19,23-26H2,1H3/b7-3+/t29-,33+,36-,39-,50+/m0/s1. The number of nitrogens with zero attached hydrogens (tertiary/aromatic N) is 4. The molecule has 1 spiro atoms. The average molecular weight is 717 g/mol. The second-order valence-electron chi connectivity index (χ2n) is 14.3. The number of rotatable bonds is 6. The average Bonchev–Trinajstić information content (AvgIpc) is 3.25. The van der Waals surface area contributed by atoms with E-state index in [1.165, 1.54) is 11.1 Å². The molecule has 0 saturated heterocycles. The van der Waals surface area contributed by atoms with Gasteiger partial charge in [0.2, 0.25) is 0 Å². The second kappa shape index (κ2) is 14.9. The van der Waals surface area contributed by atoms with E-state index in [1.807, 2.05) is 18.2 Å². The van der Waals surface area contributed by atoms with E-state index in [1.54, 1.807) is 31.8 Å². The third-order valence-electron chi connectivity index (χ3n) is 11.0. The van der Waals surface area contributed by atoms with Crippen LogP contribution in [0.4, 0.5) is 5.69 Å². The molecule has 1 fully saturated rings. The van der Waals surface area contributed by atoms with Gasteiger partial charge in [0.25, 0.3) is 5.91 Å². The zero-order valence-corrected chi connectivity index (χ0v) is 30.2. The normalized spacial score (nSPS) is 28.6. The van der Waals surface area contributed by atoms with E-state index in [0.717, 1.165) is 61.7 Å². The molecule has 2 aliphatic carbocycles. The van der Waals surface area contributed by atoms with Crippen LogP contribution in [0.2, 0.25) is 5.02 Å². The smallest absolute Gasteiger partial charge is 0.285 e. The summed E-state index contributed by atoms with van der Waals surface area (Å²) >= 11 is 6.45. The Bertz CT molecular complexity index is 1890. The molecule has 2 aliphatic heterocycles. The van der Waals surface area contributed by atoms with E-state index < -0.39 is 15.6 Å². The first-order valence-corrected chi connectivity index (χ1v) is 20.0. The van der Waals surface area contributed by atoms with Crippen LogP contribution in [0.1, 0.15) is 72.1 Å². The number of hydrogen-bond acceptors (Lipinski definition) is 8. The Balaban J connectivity index is 1.24. The van der Waals surface area contributed by atoms with Crippen LogP contribution in [0.5, 0.6) is 5.75 Å². The number of carbonyl (C=O) groups excluding carboxylic acids is 2. The van der Waals surface area contributed by atoms with E-state index in [2.05, 4.69) is 43.5 Å². The number of aryl methyl sites for hydroxylation is 2. The molecule has 1 amide bonds. The third-order valence-corrected chi connectivity index (χ3v) is 13.4. The fraction of sp³-hybridized carbons (Fsp3) is 0.487. The highest BCUT2D eigenvalue weighted by Crippen LogP contribution is 2.47. The number of benzene rings is 2. The van der Waals surface area contributed by atoms with Gasteiger partial charge in [-0.2, -0.15) is 4.36 Å².